The minimum atomic E-state index is -1.36. The van der Waals surface area contributed by atoms with E-state index in [4.69, 9.17) is 166 Å². The monoisotopic (exact) mass is 1570 g/mol. The maximum Gasteiger partial charge on any atom is 0.251 e. The van der Waals surface area contributed by atoms with Crippen molar-refractivity contribution in [2.45, 2.75) is 215 Å². The molecule has 0 spiro atoms. The number of carbonyl (C=O) groups is 1. The number of rotatable bonds is 32. The Balaban J connectivity index is 1.15. The summed E-state index contributed by atoms with van der Waals surface area (Å²) in [7, 11) is 29.8. The van der Waals surface area contributed by atoms with Gasteiger partial charge in [-0.3, -0.25) is 4.79 Å². The van der Waals surface area contributed by atoms with Gasteiger partial charge in [-0.15, -0.1) is 0 Å². The third-order valence-corrected chi connectivity index (χ3v) is 20.9. The summed E-state index contributed by atoms with van der Waals surface area (Å²) < 4.78 is 228. The van der Waals surface area contributed by atoms with Crippen molar-refractivity contribution in [2.24, 2.45) is 0 Å². The average molecular weight is 1570 g/mol. The van der Waals surface area contributed by atoms with Crippen LogP contribution in [0.2, 0.25) is 0 Å². The van der Waals surface area contributed by atoms with Gasteiger partial charge >= 0.3 is 0 Å². The van der Waals surface area contributed by atoms with Gasteiger partial charge in [-0.1, -0.05) is 12.7 Å². The third-order valence-electron chi connectivity index (χ3n) is 20.9. The van der Waals surface area contributed by atoms with Gasteiger partial charge in [0.15, 0.2) is 44.0 Å². The molecule has 1 aromatic rings. The number of hydrogen-bond donors (Lipinski definition) is 1. The maximum atomic E-state index is 14.3. The van der Waals surface area contributed by atoms with Crippen LogP contribution in [-0.2, 0) is 161 Å². The van der Waals surface area contributed by atoms with E-state index in [1.807, 2.05) is 0 Å². The Kier molecular flexibility index (Phi) is 36.5. The van der Waals surface area contributed by atoms with Gasteiger partial charge < -0.3 is 171 Å². The average Bonchev–Trinajstić information content (AvgIpc) is 0.770. The van der Waals surface area contributed by atoms with E-state index in [1.165, 1.54) is 142 Å². The molecule has 2 unspecified atom stereocenters. The van der Waals surface area contributed by atoms with Crippen molar-refractivity contribution in [3.63, 3.8) is 0 Å². The number of amides is 1. The number of carbonyl (C=O) groups excluding carboxylic acids is 1. The molecule has 14 bridgehead atoms. The molecular formula is C72H119NO36. The largest absolute Gasteiger partial charge is 0.490 e. The van der Waals surface area contributed by atoms with E-state index in [-0.39, 0.29) is 52.8 Å². The topological polar surface area (TPSA) is 352 Å². The second-order valence-electron chi connectivity index (χ2n) is 26.9. The fraction of sp³-hybridized carbons (Fsp3) is 0.875. The van der Waals surface area contributed by atoms with Crippen molar-refractivity contribution in [2.75, 3.05) is 195 Å². The molecule has 0 aromatic heterocycles. The Morgan fingerprint density at radius 3 is 0.670 bits per heavy atom. The molecule has 21 aliphatic rings. The van der Waals surface area contributed by atoms with E-state index >= 15 is 0 Å². The van der Waals surface area contributed by atoms with Crippen LogP contribution in [-0.4, -0.2) is 416 Å². The van der Waals surface area contributed by atoms with Gasteiger partial charge in [-0.25, -0.2) is 0 Å². The Hall–Kier alpha value is -3.13. The number of hydrogen-bond acceptors (Lipinski definition) is 36. The van der Waals surface area contributed by atoms with Gasteiger partial charge in [0.2, 0.25) is 0 Å². The molecule has 21 aliphatic heterocycles. The first-order chi connectivity index (χ1) is 53.0. The van der Waals surface area contributed by atoms with Gasteiger partial charge in [-0.05, 0) is 24.3 Å². The lowest BCUT2D eigenvalue weighted by Gasteiger charge is -2.52. The molecule has 0 saturated carbocycles. The van der Waals surface area contributed by atoms with Crippen LogP contribution in [0.1, 0.15) is 10.4 Å². The second-order valence-corrected chi connectivity index (χ2v) is 26.9. The predicted octanol–water partition coefficient (Wildman–Crippen LogP) is -0.146. The van der Waals surface area contributed by atoms with Gasteiger partial charge in [0.05, 0.1) is 39.6 Å². The van der Waals surface area contributed by atoms with Crippen molar-refractivity contribution in [1.29, 1.82) is 0 Å². The first kappa shape index (κ1) is 89.8. The summed E-state index contributed by atoms with van der Waals surface area (Å²) >= 11 is 0. The van der Waals surface area contributed by atoms with Gasteiger partial charge in [0.1, 0.15) is 183 Å². The molecule has 1 aromatic carbocycles. The molecule has 21 heterocycles. The molecule has 1 N–H and O–H groups in total. The summed E-state index contributed by atoms with van der Waals surface area (Å²) in [5.74, 6) is 0.0567. The van der Waals surface area contributed by atoms with Gasteiger partial charge in [-0.2, -0.15) is 0 Å². The molecular weight excluding hydrogens is 1450 g/mol. The fourth-order valence-corrected chi connectivity index (χ4v) is 15.9. The zero-order valence-electron chi connectivity index (χ0n) is 66.2. The normalized spacial score (nSPS) is 42.4. The fourth-order valence-electron chi connectivity index (χ4n) is 15.9. The lowest BCUT2D eigenvalue weighted by Crippen LogP contribution is -2.69. The van der Waals surface area contributed by atoms with E-state index in [0.717, 1.165) is 0 Å². The molecule has 0 aliphatic carbocycles. The molecule has 628 valence electrons. The van der Waals surface area contributed by atoms with E-state index in [9.17, 15) is 4.79 Å². The molecule has 1 amide bonds. The van der Waals surface area contributed by atoms with Crippen LogP contribution >= 0.6 is 0 Å². The highest BCUT2D eigenvalue weighted by molar-refractivity contribution is 5.94. The van der Waals surface area contributed by atoms with Crippen LogP contribution in [0.4, 0.5) is 0 Å². The number of nitrogens with one attached hydrogen (secondary N) is 1. The van der Waals surface area contributed by atoms with E-state index < -0.39 is 221 Å². The lowest BCUT2D eigenvalue weighted by atomic mass is 9.94. The Morgan fingerprint density at radius 2 is 0.486 bits per heavy atom. The first-order valence-corrected chi connectivity index (χ1v) is 36.2. The summed E-state index contributed by atoms with van der Waals surface area (Å²) in [5.41, 5.74) is 0.304. The minimum Gasteiger partial charge on any atom is -0.490 e. The molecule has 21 fully saturated rings. The smallest absolute Gasteiger partial charge is 0.251 e. The molecule has 37 heteroatoms. The van der Waals surface area contributed by atoms with Crippen LogP contribution in [0, 0.1) is 0 Å². The van der Waals surface area contributed by atoms with Crippen molar-refractivity contribution in [1.82, 2.24) is 5.32 Å². The zero-order valence-corrected chi connectivity index (χ0v) is 66.2. The summed E-state index contributed by atoms with van der Waals surface area (Å²) in [5, 5.41) is 3.03. The Morgan fingerprint density at radius 1 is 0.294 bits per heavy atom. The number of benzene rings is 1. The van der Waals surface area contributed by atoms with Crippen molar-refractivity contribution >= 4 is 5.91 Å². The molecule has 21 saturated heterocycles. The Labute approximate surface area is 637 Å². The van der Waals surface area contributed by atoms with Crippen molar-refractivity contribution in [3.05, 3.63) is 42.5 Å². The summed E-state index contributed by atoms with van der Waals surface area (Å²) in [6.07, 6.45) is -36.6. The van der Waals surface area contributed by atoms with Crippen LogP contribution in [0.25, 0.3) is 0 Å². The standard InChI is InChI=1S/C72H119NO36/c1-22-27-95-36-25-23-35(24-26-36)65(74)73-28-37-44-51(81-8)58(88-15)66(96-37)104-45-38(29-75-2)98-68(60(90-17)52(45)82-9)106-47-40(31-77-4)100-70(62(92-19)54(47)84-11)108-49-42(33-79-6)102-72(64(94-21)56(49)86-13)109-50-43(34-80-7)101-71(63(93-20)57(50)87-14)107-48-41(32-78-5)99-69(61(91-18)55(48)85-12)105-46-39(30-76-3)97-67(103-44)59(89-16)53(46)83-10/h22-26,37-64,66-72H,1,27-34H2,2-21H3,(H,73,74)/t37-,38-,39-,40-,41-,42-,43-,44-,45-,46-,47-,48-,49?,50-,51+,52+,53+,54+,55+,56+,57+,58-,59-,60-,61-,62-,63-,64-,66-,67-,68-,69?,70-,71-,72-/m1/s1. The molecule has 37 nitrogen and oxygen atoms in total. The third kappa shape index (κ3) is 20.3. The summed E-state index contributed by atoms with van der Waals surface area (Å²) in [4.78, 5) is 14.3. The van der Waals surface area contributed by atoms with E-state index in [1.54, 1.807) is 30.3 Å². The molecule has 109 heavy (non-hydrogen) atoms. The highest BCUT2D eigenvalue weighted by Gasteiger charge is 2.62. The number of methoxy groups -OCH3 is 20. The van der Waals surface area contributed by atoms with E-state index in [0.29, 0.717) is 11.3 Å². The molecule has 35 atom stereocenters. The Bertz CT molecular complexity index is 2740. The second kappa shape index (κ2) is 44.3. The van der Waals surface area contributed by atoms with Gasteiger partial charge in [0, 0.05) is 154 Å². The highest BCUT2D eigenvalue weighted by atomic mass is 16.8. The van der Waals surface area contributed by atoms with Crippen LogP contribution in [0.3, 0.4) is 0 Å². The van der Waals surface area contributed by atoms with Crippen molar-refractivity contribution < 1.29 is 171 Å². The predicted molar refractivity (Wildman–Crippen MR) is 372 cm³/mol. The molecule has 0 radical (unpaired) electrons. The molecule has 22 rings (SSSR count). The zero-order chi connectivity index (χ0) is 78.6. The lowest BCUT2D eigenvalue weighted by molar-refractivity contribution is -0.402. The van der Waals surface area contributed by atoms with Crippen LogP contribution in [0.5, 0.6) is 5.75 Å². The maximum absolute atomic E-state index is 14.3. The number of ether oxygens (including phenoxy) is 35. The summed E-state index contributed by atoms with van der Waals surface area (Å²) in [6, 6.07) is 6.60. The van der Waals surface area contributed by atoms with Gasteiger partial charge in [0.25, 0.3) is 5.91 Å². The quantitative estimate of drug-likeness (QED) is 0.0917. The summed E-state index contributed by atoms with van der Waals surface area (Å²) in [6.45, 7) is 3.32. The first-order valence-electron chi connectivity index (χ1n) is 36.2. The highest BCUT2D eigenvalue weighted by Crippen LogP contribution is 2.43. The minimum absolute atomic E-state index is 0.0574. The van der Waals surface area contributed by atoms with E-state index in [2.05, 4.69) is 11.9 Å². The SMILES string of the molecule is C=CCOc1ccc(C(=O)NC[C@H]2O[C@@H]3O[C@H]4[C@H](OC)[C@@H](OC)[C@@H](O[C@H]5[C@H](OC)[C@@H](OC)[C@@H](OC6[C@@H](COC)O[C@H](O[C@H]7[C@H](OC)[C@@H](OC)[C@@H](O[C@H]8[C@H](OC)[C@@H](OC)C(O[C@H]9[C@H](OC)[C@@H](OC)[C@@H](O[C@H]2[C@H](OC)[C@H]3OC)O[C@@H]9COC)O[C@@H]8COC)O[C@@H]7COC)[C@H](OC)[C@H]6OC)O[C@@H]5COC)O[C@@H]4COC)cc1. The van der Waals surface area contributed by atoms with Crippen molar-refractivity contribution in [3.8, 4) is 5.75 Å². The van der Waals surface area contributed by atoms with Crippen LogP contribution < -0.4 is 10.1 Å². The van der Waals surface area contributed by atoms with Crippen LogP contribution in [0.15, 0.2) is 36.9 Å².